The zero-order valence-electron chi connectivity index (χ0n) is 15.8. The molecule has 2 fully saturated rings. The van der Waals surface area contributed by atoms with Crippen LogP contribution in [-0.4, -0.2) is 59.5 Å². The summed E-state index contributed by atoms with van der Waals surface area (Å²) < 4.78 is 13.2. The number of rotatable bonds is 5. The van der Waals surface area contributed by atoms with E-state index in [1.165, 1.54) is 25.0 Å². The van der Waals surface area contributed by atoms with Crippen LogP contribution in [0.15, 0.2) is 36.5 Å². The zero-order chi connectivity index (χ0) is 19.5. The first-order chi connectivity index (χ1) is 13.6. The summed E-state index contributed by atoms with van der Waals surface area (Å²) in [7, 11) is 0. The van der Waals surface area contributed by atoms with E-state index in [0.717, 1.165) is 37.0 Å². The van der Waals surface area contributed by atoms with E-state index in [0.29, 0.717) is 19.6 Å². The largest absolute Gasteiger partial charge is 0.368 e. The Morgan fingerprint density at radius 3 is 2.54 bits per heavy atom. The first kappa shape index (κ1) is 18.6. The number of hydrogen-bond donors (Lipinski definition) is 1. The summed E-state index contributed by atoms with van der Waals surface area (Å²) in [4.78, 5) is 27.5. The third-order valence-corrected chi connectivity index (χ3v) is 5.47. The second kappa shape index (κ2) is 8.10. The van der Waals surface area contributed by atoms with E-state index in [-0.39, 0.29) is 11.7 Å². The Hall–Kier alpha value is -2.74. The van der Waals surface area contributed by atoms with Gasteiger partial charge < -0.3 is 15.5 Å². The van der Waals surface area contributed by atoms with Crippen LogP contribution < -0.4 is 15.5 Å². The highest BCUT2D eigenvalue weighted by molar-refractivity contribution is 5.81. The molecule has 4 rings (SSSR count). The van der Waals surface area contributed by atoms with Crippen LogP contribution in [0.5, 0.6) is 0 Å². The molecule has 2 aromatic rings. The van der Waals surface area contributed by atoms with Gasteiger partial charge in [0.25, 0.3) is 0 Å². The molecule has 0 radical (unpaired) electrons. The summed E-state index contributed by atoms with van der Waals surface area (Å²) in [6, 6.07) is 7.79. The Morgan fingerprint density at radius 1 is 1.07 bits per heavy atom. The van der Waals surface area contributed by atoms with Crippen LogP contribution in [-0.2, 0) is 11.3 Å². The van der Waals surface area contributed by atoms with Crippen LogP contribution in [0.25, 0.3) is 0 Å². The number of anilines is 2. The average molecular weight is 384 g/mol. The Morgan fingerprint density at radius 2 is 1.82 bits per heavy atom. The maximum absolute atomic E-state index is 13.2. The van der Waals surface area contributed by atoms with E-state index in [4.69, 9.17) is 10.7 Å². The average Bonchev–Trinajstić information content (AvgIpc) is 3.24. The van der Waals surface area contributed by atoms with Crippen molar-refractivity contribution in [1.29, 1.82) is 0 Å². The van der Waals surface area contributed by atoms with Crippen LogP contribution in [0.1, 0.15) is 18.5 Å². The summed E-state index contributed by atoms with van der Waals surface area (Å²) in [5, 5.41) is 0. The van der Waals surface area contributed by atoms with Gasteiger partial charge in [-0.2, -0.15) is 0 Å². The van der Waals surface area contributed by atoms with E-state index in [1.54, 1.807) is 18.3 Å². The number of primary amides is 1. The summed E-state index contributed by atoms with van der Waals surface area (Å²) in [5.74, 6) is 0.127. The fourth-order valence-electron chi connectivity index (χ4n) is 3.92. The molecule has 1 atom stereocenters. The fraction of sp³-hybridized carbons (Fsp3) is 0.450. The predicted octanol–water partition coefficient (Wildman–Crippen LogP) is 1.39. The first-order valence-corrected chi connectivity index (χ1v) is 9.71. The molecule has 1 amide bonds. The van der Waals surface area contributed by atoms with Crippen LogP contribution in [0, 0.1) is 5.82 Å². The fourth-order valence-corrected chi connectivity index (χ4v) is 3.92. The minimum Gasteiger partial charge on any atom is -0.368 e. The van der Waals surface area contributed by atoms with Gasteiger partial charge in [0.15, 0.2) is 0 Å². The molecule has 7 nitrogen and oxygen atoms in total. The van der Waals surface area contributed by atoms with Gasteiger partial charge in [0.2, 0.25) is 11.9 Å². The quantitative estimate of drug-likeness (QED) is 0.839. The lowest BCUT2D eigenvalue weighted by atomic mass is 10.1. The lowest BCUT2D eigenvalue weighted by Gasteiger charge is -2.40. The number of halogens is 1. The van der Waals surface area contributed by atoms with Crippen molar-refractivity contribution >= 4 is 17.5 Å². The topological polar surface area (TPSA) is 78.6 Å². The number of benzene rings is 1. The molecule has 1 aromatic heterocycles. The van der Waals surface area contributed by atoms with E-state index in [9.17, 15) is 9.18 Å². The van der Waals surface area contributed by atoms with Crippen molar-refractivity contribution in [2.45, 2.75) is 25.4 Å². The van der Waals surface area contributed by atoms with Crippen LogP contribution in [0.2, 0.25) is 0 Å². The second-order valence-corrected chi connectivity index (χ2v) is 7.35. The number of aromatic nitrogens is 2. The first-order valence-electron chi connectivity index (χ1n) is 9.71. The monoisotopic (exact) mass is 384 g/mol. The Bertz CT molecular complexity index is 824. The third kappa shape index (κ3) is 4.06. The van der Waals surface area contributed by atoms with Gasteiger partial charge in [0.1, 0.15) is 11.9 Å². The van der Waals surface area contributed by atoms with Crippen molar-refractivity contribution in [3.05, 3.63) is 48.0 Å². The van der Waals surface area contributed by atoms with Gasteiger partial charge in [-0.1, -0.05) is 0 Å². The molecule has 1 unspecified atom stereocenters. The molecule has 0 bridgehead atoms. The van der Waals surface area contributed by atoms with Crippen LogP contribution in [0.3, 0.4) is 0 Å². The summed E-state index contributed by atoms with van der Waals surface area (Å²) in [6.45, 7) is 4.42. The van der Waals surface area contributed by atoms with Gasteiger partial charge in [0.05, 0.1) is 5.69 Å². The van der Waals surface area contributed by atoms with Crippen molar-refractivity contribution in [2.75, 3.05) is 42.5 Å². The number of carbonyl (C=O) groups excluding carboxylic acids is 1. The minimum absolute atomic E-state index is 0.272. The maximum Gasteiger partial charge on any atom is 0.236 e. The number of hydrogen-bond acceptors (Lipinski definition) is 6. The molecular formula is C20H25FN6O. The maximum atomic E-state index is 13.2. The normalized spacial score (nSPS) is 20.5. The standard InChI is InChI=1S/C20H25FN6O/c21-15-3-5-17(6-4-15)26-11-12-27(18(14-26)19(22)28)13-16-7-8-23-20(24-16)25-9-1-2-10-25/h3-8,18H,1-2,9-14H2,(H2,22,28). The molecule has 2 N–H and O–H groups in total. The SMILES string of the molecule is NC(=O)C1CN(c2ccc(F)cc2)CCN1Cc1ccnc(N2CCCC2)n1. The smallest absolute Gasteiger partial charge is 0.236 e. The number of amides is 1. The van der Waals surface area contributed by atoms with Crippen molar-refractivity contribution in [1.82, 2.24) is 14.9 Å². The molecule has 2 saturated heterocycles. The summed E-state index contributed by atoms with van der Waals surface area (Å²) in [6.07, 6.45) is 4.12. The molecule has 0 aliphatic carbocycles. The molecule has 2 aliphatic rings. The molecule has 28 heavy (non-hydrogen) atoms. The molecule has 1 aromatic carbocycles. The highest BCUT2D eigenvalue weighted by Crippen LogP contribution is 2.22. The van der Waals surface area contributed by atoms with Crippen molar-refractivity contribution < 1.29 is 9.18 Å². The van der Waals surface area contributed by atoms with Crippen molar-refractivity contribution in [3.63, 3.8) is 0 Å². The van der Waals surface area contributed by atoms with Crippen molar-refractivity contribution in [3.8, 4) is 0 Å². The lowest BCUT2D eigenvalue weighted by Crippen LogP contribution is -2.58. The molecule has 0 saturated carbocycles. The number of nitrogens with two attached hydrogens (primary N) is 1. The molecule has 8 heteroatoms. The predicted molar refractivity (Wildman–Crippen MR) is 105 cm³/mol. The van der Waals surface area contributed by atoms with Gasteiger partial charge >= 0.3 is 0 Å². The van der Waals surface area contributed by atoms with Gasteiger partial charge in [-0.25, -0.2) is 14.4 Å². The van der Waals surface area contributed by atoms with Crippen LogP contribution in [0.4, 0.5) is 16.0 Å². The molecule has 148 valence electrons. The van der Waals surface area contributed by atoms with E-state index >= 15 is 0 Å². The number of carbonyl (C=O) groups is 1. The Labute approximate surface area is 164 Å². The highest BCUT2D eigenvalue weighted by atomic mass is 19.1. The number of nitrogens with zero attached hydrogens (tertiary/aromatic N) is 5. The molecular weight excluding hydrogens is 359 g/mol. The van der Waals surface area contributed by atoms with E-state index in [1.807, 2.05) is 6.07 Å². The third-order valence-electron chi connectivity index (χ3n) is 5.47. The Balaban J connectivity index is 1.46. The van der Waals surface area contributed by atoms with Crippen molar-refractivity contribution in [2.24, 2.45) is 5.73 Å². The van der Waals surface area contributed by atoms with E-state index < -0.39 is 6.04 Å². The highest BCUT2D eigenvalue weighted by Gasteiger charge is 2.31. The summed E-state index contributed by atoms with van der Waals surface area (Å²) >= 11 is 0. The van der Waals surface area contributed by atoms with Gasteiger partial charge in [-0.15, -0.1) is 0 Å². The second-order valence-electron chi connectivity index (χ2n) is 7.35. The van der Waals surface area contributed by atoms with Gasteiger partial charge in [-0.05, 0) is 43.2 Å². The number of piperazine rings is 1. The molecule has 2 aliphatic heterocycles. The minimum atomic E-state index is -0.427. The summed E-state index contributed by atoms with van der Waals surface area (Å²) in [5.41, 5.74) is 7.48. The zero-order valence-corrected chi connectivity index (χ0v) is 15.8. The van der Waals surface area contributed by atoms with E-state index in [2.05, 4.69) is 19.7 Å². The lowest BCUT2D eigenvalue weighted by molar-refractivity contribution is -0.123. The molecule has 3 heterocycles. The molecule has 0 spiro atoms. The Kier molecular flexibility index (Phi) is 5.38. The van der Waals surface area contributed by atoms with Gasteiger partial charge in [0, 0.05) is 51.2 Å². The van der Waals surface area contributed by atoms with Gasteiger partial charge in [-0.3, -0.25) is 9.69 Å². The van der Waals surface area contributed by atoms with Crippen LogP contribution >= 0.6 is 0 Å².